The van der Waals surface area contributed by atoms with Crippen molar-refractivity contribution in [2.75, 3.05) is 13.7 Å². The number of rotatable bonds is 6. The number of aliphatic hydroxyl groups is 5. The molecule has 24 heavy (non-hydrogen) atoms. The predicted octanol–water partition coefficient (Wildman–Crippen LogP) is -1.07. The van der Waals surface area contributed by atoms with E-state index in [1.54, 1.807) is 24.3 Å². The Bertz CT molecular complexity index is 503. The van der Waals surface area contributed by atoms with Gasteiger partial charge in [0, 0.05) is 0 Å². The van der Waals surface area contributed by atoms with E-state index in [0.29, 0.717) is 11.3 Å². The molecule has 1 aromatic carbocycles. The zero-order valence-corrected chi connectivity index (χ0v) is 13.5. The molecule has 1 aliphatic rings. The third kappa shape index (κ3) is 4.04. The van der Waals surface area contributed by atoms with Crippen molar-refractivity contribution < 1.29 is 39.7 Å². The molecule has 0 amide bonds. The lowest BCUT2D eigenvalue weighted by atomic mass is 9.99. The maximum absolute atomic E-state index is 10.0. The molecule has 8 heteroatoms. The van der Waals surface area contributed by atoms with E-state index in [9.17, 15) is 25.5 Å². The molecule has 0 saturated carbocycles. The quantitative estimate of drug-likeness (QED) is 0.441. The van der Waals surface area contributed by atoms with E-state index in [2.05, 4.69) is 0 Å². The Labute approximate surface area is 139 Å². The molecule has 7 atom stereocenters. The highest BCUT2D eigenvalue weighted by Gasteiger charge is 2.45. The molecule has 0 aromatic heterocycles. The van der Waals surface area contributed by atoms with Crippen LogP contribution in [-0.4, -0.2) is 76.1 Å². The van der Waals surface area contributed by atoms with Gasteiger partial charge < -0.3 is 39.7 Å². The minimum atomic E-state index is -1.54. The first kappa shape index (κ1) is 19.1. The van der Waals surface area contributed by atoms with Crippen molar-refractivity contribution in [3.05, 3.63) is 29.8 Å². The molecule has 0 spiro atoms. The fraction of sp³-hybridized carbons (Fsp3) is 0.625. The van der Waals surface area contributed by atoms with E-state index in [4.69, 9.17) is 14.2 Å². The summed E-state index contributed by atoms with van der Waals surface area (Å²) in [6.45, 7) is 0.964. The summed E-state index contributed by atoms with van der Waals surface area (Å²) in [5.41, 5.74) is 0.614. The first-order chi connectivity index (χ1) is 11.4. The molecule has 1 aliphatic heterocycles. The lowest BCUT2D eigenvalue weighted by Crippen LogP contribution is -2.59. The van der Waals surface area contributed by atoms with Gasteiger partial charge in [0.15, 0.2) is 6.29 Å². The summed E-state index contributed by atoms with van der Waals surface area (Å²) in [4.78, 5) is 0. The minimum Gasteiger partial charge on any atom is -0.497 e. The van der Waals surface area contributed by atoms with Gasteiger partial charge in [-0.15, -0.1) is 0 Å². The van der Waals surface area contributed by atoms with E-state index in [-0.39, 0.29) is 0 Å². The predicted molar refractivity (Wildman–Crippen MR) is 82.3 cm³/mol. The van der Waals surface area contributed by atoms with Crippen LogP contribution < -0.4 is 4.74 Å². The molecule has 8 nitrogen and oxygen atoms in total. The lowest BCUT2D eigenvalue weighted by molar-refractivity contribution is -0.317. The normalized spacial score (nSPS) is 33.0. The van der Waals surface area contributed by atoms with Crippen LogP contribution >= 0.6 is 0 Å². The fourth-order valence-electron chi connectivity index (χ4n) is 2.59. The van der Waals surface area contributed by atoms with E-state index in [0.717, 1.165) is 0 Å². The monoisotopic (exact) mass is 344 g/mol. The number of hydrogen-bond acceptors (Lipinski definition) is 8. The topological polar surface area (TPSA) is 129 Å². The Morgan fingerprint density at radius 2 is 1.71 bits per heavy atom. The highest BCUT2D eigenvalue weighted by Crippen LogP contribution is 2.30. The number of benzene rings is 1. The van der Waals surface area contributed by atoms with Crippen LogP contribution in [0.3, 0.4) is 0 Å². The highest BCUT2D eigenvalue weighted by atomic mass is 16.7. The largest absolute Gasteiger partial charge is 0.497 e. The molecule has 1 fully saturated rings. The summed E-state index contributed by atoms with van der Waals surface area (Å²) >= 11 is 0. The van der Waals surface area contributed by atoms with Crippen LogP contribution in [0.2, 0.25) is 0 Å². The molecule has 0 aliphatic carbocycles. The third-order valence-electron chi connectivity index (χ3n) is 4.01. The number of aliphatic hydroxyl groups excluding tert-OH is 5. The second kappa shape index (κ2) is 8.21. The molecular weight excluding hydrogens is 320 g/mol. The molecule has 0 radical (unpaired) electrons. The second-order valence-corrected chi connectivity index (χ2v) is 5.77. The molecule has 7 unspecified atom stereocenters. The first-order valence-corrected chi connectivity index (χ1v) is 7.67. The van der Waals surface area contributed by atoms with Crippen LogP contribution in [0.4, 0.5) is 0 Å². The van der Waals surface area contributed by atoms with E-state index in [1.807, 2.05) is 0 Å². The molecule has 1 saturated heterocycles. The van der Waals surface area contributed by atoms with Gasteiger partial charge in [0.25, 0.3) is 0 Å². The average molecular weight is 344 g/mol. The fourth-order valence-corrected chi connectivity index (χ4v) is 2.59. The van der Waals surface area contributed by atoms with Crippen molar-refractivity contribution in [1.82, 2.24) is 0 Å². The summed E-state index contributed by atoms with van der Waals surface area (Å²) in [6, 6.07) is 6.78. The van der Waals surface area contributed by atoms with Crippen molar-refractivity contribution in [2.24, 2.45) is 0 Å². The van der Waals surface area contributed by atoms with Gasteiger partial charge in [-0.2, -0.15) is 0 Å². The third-order valence-corrected chi connectivity index (χ3v) is 4.01. The summed E-state index contributed by atoms with van der Waals surface area (Å²) in [6.07, 6.45) is -8.70. The average Bonchev–Trinajstić information content (AvgIpc) is 2.59. The molecule has 1 aromatic rings. The maximum atomic E-state index is 10.0. The highest BCUT2D eigenvalue weighted by molar-refractivity contribution is 5.29. The van der Waals surface area contributed by atoms with Crippen LogP contribution in [-0.2, 0) is 9.47 Å². The second-order valence-electron chi connectivity index (χ2n) is 5.77. The summed E-state index contributed by atoms with van der Waals surface area (Å²) in [5, 5.41) is 48.8. The Morgan fingerprint density at radius 3 is 2.21 bits per heavy atom. The van der Waals surface area contributed by atoms with Crippen LogP contribution in [0.25, 0.3) is 0 Å². The molecule has 0 bridgehead atoms. The van der Waals surface area contributed by atoms with Crippen molar-refractivity contribution in [2.45, 2.75) is 49.8 Å². The van der Waals surface area contributed by atoms with Gasteiger partial charge in [-0.1, -0.05) is 12.1 Å². The van der Waals surface area contributed by atoms with Crippen molar-refractivity contribution >= 4 is 0 Å². The summed E-state index contributed by atoms with van der Waals surface area (Å²) < 4.78 is 16.0. The van der Waals surface area contributed by atoms with E-state index < -0.39 is 49.5 Å². The Morgan fingerprint density at radius 1 is 1.08 bits per heavy atom. The SMILES string of the molecule is COc1ccc(C(OC2OC(CO)C(O)C(O)C2O)C(C)O)cc1. The molecule has 2 rings (SSSR count). The summed E-state index contributed by atoms with van der Waals surface area (Å²) in [7, 11) is 1.53. The van der Waals surface area contributed by atoms with Gasteiger partial charge in [0.05, 0.1) is 19.8 Å². The van der Waals surface area contributed by atoms with Crippen LogP contribution in [0.15, 0.2) is 24.3 Å². The van der Waals surface area contributed by atoms with Crippen LogP contribution in [0, 0.1) is 0 Å². The van der Waals surface area contributed by atoms with E-state index >= 15 is 0 Å². The zero-order valence-electron chi connectivity index (χ0n) is 13.5. The molecular formula is C16H24O8. The van der Waals surface area contributed by atoms with Crippen LogP contribution in [0.5, 0.6) is 5.75 Å². The smallest absolute Gasteiger partial charge is 0.187 e. The zero-order chi connectivity index (χ0) is 17.9. The van der Waals surface area contributed by atoms with Gasteiger partial charge >= 0.3 is 0 Å². The lowest BCUT2D eigenvalue weighted by Gasteiger charge is -2.41. The standard InChI is InChI=1S/C16H24O8/c1-8(18)15(9-3-5-10(22-2)6-4-9)24-16-14(21)13(20)12(19)11(7-17)23-16/h3-6,8,11-21H,7H2,1-2H3. The van der Waals surface area contributed by atoms with Gasteiger partial charge in [0.1, 0.15) is 36.3 Å². The van der Waals surface area contributed by atoms with Gasteiger partial charge in [-0.05, 0) is 24.6 Å². The number of ether oxygens (including phenoxy) is 3. The van der Waals surface area contributed by atoms with Gasteiger partial charge in [0.2, 0.25) is 0 Å². The van der Waals surface area contributed by atoms with Crippen molar-refractivity contribution in [3.63, 3.8) is 0 Å². The Hall–Kier alpha value is -1.26. The van der Waals surface area contributed by atoms with Crippen molar-refractivity contribution in [1.29, 1.82) is 0 Å². The maximum Gasteiger partial charge on any atom is 0.187 e. The van der Waals surface area contributed by atoms with Crippen molar-refractivity contribution in [3.8, 4) is 5.75 Å². The number of hydrogen-bond donors (Lipinski definition) is 5. The van der Waals surface area contributed by atoms with Gasteiger partial charge in [-0.3, -0.25) is 0 Å². The number of methoxy groups -OCH3 is 1. The van der Waals surface area contributed by atoms with Crippen LogP contribution in [0.1, 0.15) is 18.6 Å². The Balaban J connectivity index is 2.17. The first-order valence-electron chi connectivity index (χ1n) is 7.67. The van der Waals surface area contributed by atoms with E-state index in [1.165, 1.54) is 14.0 Å². The minimum absolute atomic E-state index is 0.549. The molecule has 136 valence electrons. The van der Waals surface area contributed by atoms with Gasteiger partial charge in [-0.25, -0.2) is 0 Å². The molecule has 5 N–H and O–H groups in total. The summed E-state index contributed by atoms with van der Waals surface area (Å²) in [5.74, 6) is 0.635. The molecule has 1 heterocycles. The Kier molecular flexibility index (Phi) is 6.53.